The van der Waals surface area contributed by atoms with E-state index in [1.54, 1.807) is 0 Å². The molecule has 1 aliphatic rings. The summed E-state index contributed by atoms with van der Waals surface area (Å²) in [6.45, 7) is 4.53. The van der Waals surface area contributed by atoms with Crippen LogP contribution in [0.5, 0.6) is 0 Å². The maximum atomic E-state index is 12.8. The number of hydrogen-bond acceptors (Lipinski definition) is 4. The Morgan fingerprint density at radius 2 is 2.04 bits per heavy atom. The molecule has 0 bridgehead atoms. The SMILES string of the molecule is CN1CCO[C@H](CNC[C@](C)(O)c2cccc(C(F)(F)F)c2)C1. The first-order valence-electron chi connectivity index (χ1n) is 7.59. The van der Waals surface area contributed by atoms with Crippen LogP contribution in [0.1, 0.15) is 18.1 Å². The van der Waals surface area contributed by atoms with Gasteiger partial charge in [-0.25, -0.2) is 0 Å². The molecule has 0 unspecified atom stereocenters. The quantitative estimate of drug-likeness (QED) is 0.864. The van der Waals surface area contributed by atoms with Crippen molar-refractivity contribution >= 4 is 0 Å². The number of nitrogens with one attached hydrogen (secondary N) is 1. The van der Waals surface area contributed by atoms with Gasteiger partial charge in [-0.05, 0) is 31.7 Å². The van der Waals surface area contributed by atoms with E-state index in [0.717, 1.165) is 25.2 Å². The van der Waals surface area contributed by atoms with Crippen LogP contribution in [0.3, 0.4) is 0 Å². The molecule has 4 nitrogen and oxygen atoms in total. The van der Waals surface area contributed by atoms with E-state index in [4.69, 9.17) is 4.74 Å². The van der Waals surface area contributed by atoms with Crippen LogP contribution in [0, 0.1) is 0 Å². The van der Waals surface area contributed by atoms with Crippen LogP contribution in [0.25, 0.3) is 0 Å². The maximum Gasteiger partial charge on any atom is 0.416 e. The Kier molecular flexibility index (Phi) is 5.67. The smallest absolute Gasteiger partial charge is 0.384 e. The van der Waals surface area contributed by atoms with Crippen molar-refractivity contribution in [3.8, 4) is 0 Å². The second kappa shape index (κ2) is 7.17. The van der Waals surface area contributed by atoms with E-state index in [9.17, 15) is 18.3 Å². The Labute approximate surface area is 134 Å². The van der Waals surface area contributed by atoms with Crippen molar-refractivity contribution in [2.75, 3.05) is 39.8 Å². The molecule has 1 saturated heterocycles. The average molecular weight is 332 g/mol. The molecule has 2 N–H and O–H groups in total. The summed E-state index contributed by atoms with van der Waals surface area (Å²) in [5.74, 6) is 0. The molecular weight excluding hydrogens is 309 g/mol. The summed E-state index contributed by atoms with van der Waals surface area (Å²) in [6.07, 6.45) is -4.40. The molecule has 1 heterocycles. The van der Waals surface area contributed by atoms with Crippen LogP contribution >= 0.6 is 0 Å². The Bertz CT molecular complexity index is 520. The van der Waals surface area contributed by atoms with Gasteiger partial charge in [0.1, 0.15) is 0 Å². The highest BCUT2D eigenvalue weighted by Gasteiger charge is 2.32. The predicted molar refractivity (Wildman–Crippen MR) is 81.1 cm³/mol. The minimum Gasteiger partial charge on any atom is -0.384 e. The molecule has 0 aliphatic carbocycles. The maximum absolute atomic E-state index is 12.8. The fraction of sp³-hybridized carbons (Fsp3) is 0.625. The highest BCUT2D eigenvalue weighted by atomic mass is 19.4. The molecule has 23 heavy (non-hydrogen) atoms. The second-order valence-corrected chi connectivity index (χ2v) is 6.24. The molecule has 7 heteroatoms. The average Bonchev–Trinajstić information content (AvgIpc) is 2.46. The van der Waals surface area contributed by atoms with Gasteiger partial charge in [0.2, 0.25) is 0 Å². The molecule has 1 fully saturated rings. The number of likely N-dealkylation sites (N-methyl/N-ethyl adjacent to an activating group) is 1. The summed E-state index contributed by atoms with van der Waals surface area (Å²) in [4.78, 5) is 2.15. The highest BCUT2D eigenvalue weighted by Crippen LogP contribution is 2.31. The molecule has 0 saturated carbocycles. The second-order valence-electron chi connectivity index (χ2n) is 6.24. The first kappa shape index (κ1) is 18.2. The van der Waals surface area contributed by atoms with Crippen molar-refractivity contribution in [3.63, 3.8) is 0 Å². The first-order valence-corrected chi connectivity index (χ1v) is 7.59. The lowest BCUT2D eigenvalue weighted by Gasteiger charge is -2.31. The van der Waals surface area contributed by atoms with E-state index in [-0.39, 0.29) is 18.2 Å². The molecule has 0 amide bonds. The van der Waals surface area contributed by atoms with Crippen molar-refractivity contribution in [1.29, 1.82) is 0 Å². The standard InChI is InChI=1S/C16H23F3N2O2/c1-15(22,11-20-9-14-10-21(2)6-7-23-14)12-4-3-5-13(8-12)16(17,18)19/h3-5,8,14,20,22H,6-7,9-11H2,1-2H3/t14-,15+/m1/s1. The van der Waals surface area contributed by atoms with Crippen LogP contribution in [-0.4, -0.2) is 55.9 Å². The van der Waals surface area contributed by atoms with E-state index < -0.39 is 17.3 Å². The topological polar surface area (TPSA) is 44.7 Å². The van der Waals surface area contributed by atoms with Crippen LogP contribution in [0.2, 0.25) is 0 Å². The van der Waals surface area contributed by atoms with Gasteiger partial charge in [-0.3, -0.25) is 0 Å². The lowest BCUT2D eigenvalue weighted by Crippen LogP contribution is -2.47. The van der Waals surface area contributed by atoms with Gasteiger partial charge in [-0.1, -0.05) is 12.1 Å². The number of aliphatic hydroxyl groups is 1. The normalized spacial score (nSPS) is 22.8. The van der Waals surface area contributed by atoms with Gasteiger partial charge >= 0.3 is 6.18 Å². The van der Waals surface area contributed by atoms with E-state index in [1.165, 1.54) is 19.1 Å². The van der Waals surface area contributed by atoms with Crippen molar-refractivity contribution in [2.45, 2.75) is 24.8 Å². The monoisotopic (exact) mass is 332 g/mol. The summed E-state index contributed by atoms with van der Waals surface area (Å²) in [7, 11) is 2.01. The van der Waals surface area contributed by atoms with Crippen molar-refractivity contribution in [3.05, 3.63) is 35.4 Å². The zero-order chi connectivity index (χ0) is 17.1. The van der Waals surface area contributed by atoms with Crippen molar-refractivity contribution in [1.82, 2.24) is 10.2 Å². The van der Waals surface area contributed by atoms with Gasteiger partial charge in [0.25, 0.3) is 0 Å². The summed E-state index contributed by atoms with van der Waals surface area (Å²) in [5.41, 5.74) is -1.91. The fourth-order valence-electron chi connectivity index (χ4n) is 2.60. The Morgan fingerprint density at radius 1 is 1.35 bits per heavy atom. The molecule has 2 atom stereocenters. The number of benzene rings is 1. The molecule has 0 aromatic heterocycles. The number of morpholine rings is 1. The number of rotatable bonds is 5. The third-order valence-electron chi connectivity index (χ3n) is 3.99. The summed E-state index contributed by atoms with van der Waals surface area (Å²) in [5, 5.41) is 13.6. The number of hydrogen-bond donors (Lipinski definition) is 2. The Balaban J connectivity index is 1.93. The third-order valence-corrected chi connectivity index (χ3v) is 3.99. The van der Waals surface area contributed by atoms with E-state index in [2.05, 4.69) is 10.2 Å². The van der Waals surface area contributed by atoms with Gasteiger partial charge < -0.3 is 20.1 Å². The van der Waals surface area contributed by atoms with E-state index in [0.29, 0.717) is 13.2 Å². The minimum atomic E-state index is -4.42. The molecule has 2 rings (SSSR count). The molecule has 1 aromatic rings. The first-order chi connectivity index (χ1) is 10.7. The highest BCUT2D eigenvalue weighted by molar-refractivity contribution is 5.29. The molecular formula is C16H23F3N2O2. The van der Waals surface area contributed by atoms with Gasteiger partial charge in [0.15, 0.2) is 0 Å². The molecule has 0 radical (unpaired) electrons. The van der Waals surface area contributed by atoms with Gasteiger partial charge in [0, 0.05) is 26.2 Å². The number of alkyl halides is 3. The summed E-state index contributed by atoms with van der Waals surface area (Å²) < 4.78 is 43.9. The lowest BCUT2D eigenvalue weighted by atomic mass is 9.94. The third kappa shape index (κ3) is 5.17. The van der Waals surface area contributed by atoms with Crippen LogP contribution in [0.4, 0.5) is 13.2 Å². The van der Waals surface area contributed by atoms with Crippen molar-refractivity contribution < 1.29 is 23.0 Å². The van der Waals surface area contributed by atoms with Gasteiger partial charge in [-0.2, -0.15) is 13.2 Å². The molecule has 130 valence electrons. The lowest BCUT2D eigenvalue weighted by molar-refractivity contribution is -0.137. The largest absolute Gasteiger partial charge is 0.416 e. The zero-order valence-electron chi connectivity index (χ0n) is 13.4. The number of nitrogens with zero attached hydrogens (tertiary/aromatic N) is 1. The molecule has 0 spiro atoms. The Morgan fingerprint density at radius 3 is 2.70 bits per heavy atom. The van der Waals surface area contributed by atoms with Crippen LogP contribution < -0.4 is 5.32 Å². The van der Waals surface area contributed by atoms with E-state index >= 15 is 0 Å². The zero-order valence-corrected chi connectivity index (χ0v) is 13.4. The van der Waals surface area contributed by atoms with Crippen LogP contribution in [0.15, 0.2) is 24.3 Å². The number of ether oxygens (including phenoxy) is 1. The molecule has 1 aliphatic heterocycles. The fourth-order valence-corrected chi connectivity index (χ4v) is 2.60. The number of halogens is 3. The Hall–Kier alpha value is -1.15. The summed E-state index contributed by atoms with van der Waals surface area (Å²) >= 11 is 0. The van der Waals surface area contributed by atoms with E-state index in [1.807, 2.05) is 7.05 Å². The summed E-state index contributed by atoms with van der Waals surface area (Å²) in [6, 6.07) is 4.80. The predicted octanol–water partition coefficient (Wildman–Crippen LogP) is 1.83. The molecule has 1 aromatic carbocycles. The van der Waals surface area contributed by atoms with Crippen LogP contribution in [-0.2, 0) is 16.5 Å². The van der Waals surface area contributed by atoms with Gasteiger partial charge in [0.05, 0.1) is 23.9 Å². The van der Waals surface area contributed by atoms with Gasteiger partial charge in [-0.15, -0.1) is 0 Å². The van der Waals surface area contributed by atoms with Crippen molar-refractivity contribution in [2.24, 2.45) is 0 Å². The minimum absolute atomic E-state index is 0.0195.